The van der Waals surface area contributed by atoms with Gasteiger partial charge in [-0.2, -0.15) is 23.0 Å². The predicted molar refractivity (Wildman–Crippen MR) is 132 cm³/mol. The molecule has 3 aromatic rings. The third kappa shape index (κ3) is 5.50. The van der Waals surface area contributed by atoms with Crippen LogP contribution in [-0.2, 0) is 6.18 Å². The molecule has 0 spiro atoms. The van der Waals surface area contributed by atoms with Crippen LogP contribution >= 0.6 is 20.3 Å². The molecule has 3 heterocycles. The molecule has 12 heteroatoms. The second-order valence-corrected chi connectivity index (χ2v) is 9.45. The molecule has 0 radical (unpaired) electrons. The summed E-state index contributed by atoms with van der Waals surface area (Å²) in [7, 11) is 2.16. The third-order valence-corrected chi connectivity index (χ3v) is 6.12. The van der Waals surface area contributed by atoms with E-state index in [2.05, 4.69) is 39.0 Å². The molecule has 1 aliphatic heterocycles. The number of aromatic nitrogens is 5. The molecule has 34 heavy (non-hydrogen) atoms. The van der Waals surface area contributed by atoms with E-state index in [9.17, 15) is 13.2 Å². The van der Waals surface area contributed by atoms with Gasteiger partial charge in [0.15, 0.2) is 5.82 Å². The van der Waals surface area contributed by atoms with Crippen molar-refractivity contribution < 1.29 is 13.2 Å². The maximum absolute atomic E-state index is 13.5. The number of hydrogen-bond donors (Lipinski definition) is 1. The van der Waals surface area contributed by atoms with Gasteiger partial charge in [0.1, 0.15) is 24.3 Å². The normalized spacial score (nSPS) is 15.2. The number of halogens is 4. The Balaban J connectivity index is 0.00000103. The predicted octanol–water partition coefficient (Wildman–Crippen LogP) is 6.41. The molecule has 0 saturated carbocycles. The van der Waals surface area contributed by atoms with Crippen LogP contribution in [-0.4, -0.2) is 31.8 Å². The summed E-state index contributed by atoms with van der Waals surface area (Å²) in [6.07, 6.45) is 3.13. The van der Waals surface area contributed by atoms with Crippen molar-refractivity contribution in [3.63, 3.8) is 0 Å². The van der Waals surface area contributed by atoms with Crippen molar-refractivity contribution in [1.82, 2.24) is 29.8 Å². The molecule has 0 aliphatic carbocycles. The van der Waals surface area contributed by atoms with E-state index in [1.54, 1.807) is 16.6 Å². The van der Waals surface area contributed by atoms with Crippen LogP contribution in [0.1, 0.15) is 51.5 Å². The first-order valence-corrected chi connectivity index (χ1v) is 12.0. The van der Waals surface area contributed by atoms with Crippen molar-refractivity contribution in [3.8, 4) is 0 Å². The van der Waals surface area contributed by atoms with Crippen molar-refractivity contribution >= 4 is 42.9 Å². The zero-order valence-corrected chi connectivity index (χ0v) is 21.2. The first kappa shape index (κ1) is 25.9. The lowest BCUT2D eigenvalue weighted by Gasteiger charge is -2.27. The maximum atomic E-state index is 13.5. The molecule has 4 rings (SSSR count). The quantitative estimate of drug-likeness (QED) is 0.408. The van der Waals surface area contributed by atoms with Gasteiger partial charge in [0.25, 0.3) is 0 Å². The van der Waals surface area contributed by atoms with Crippen molar-refractivity contribution in [1.29, 1.82) is 0 Å². The molecule has 2 unspecified atom stereocenters. The minimum absolute atomic E-state index is 0.0418. The van der Waals surface area contributed by atoms with Crippen LogP contribution in [0.15, 0.2) is 42.3 Å². The lowest BCUT2D eigenvalue weighted by atomic mass is 10.1. The number of nitrogens with one attached hydrogen (secondary N) is 1. The van der Waals surface area contributed by atoms with Gasteiger partial charge in [0.05, 0.1) is 17.1 Å². The third-order valence-electron chi connectivity index (χ3n) is 4.96. The Kier molecular flexibility index (Phi) is 8.15. The number of benzene rings is 1. The zero-order chi connectivity index (χ0) is 25.0. The molecular weight excluding hydrogens is 486 g/mol. The topological polar surface area (TPSA) is 71.8 Å². The van der Waals surface area contributed by atoms with Gasteiger partial charge in [-0.3, -0.25) is 0 Å². The van der Waals surface area contributed by atoms with Gasteiger partial charge in [0.2, 0.25) is 0 Å². The molecule has 2 aromatic heterocycles. The van der Waals surface area contributed by atoms with Gasteiger partial charge in [-0.05, 0) is 37.4 Å². The van der Waals surface area contributed by atoms with Gasteiger partial charge in [0, 0.05) is 26.2 Å². The standard InChI is InChI=1S/C19H18ClF3N7P.C3H8/c1-10-4-5-15(28-31-10)30-17(26-9-27-30)11(2)29(3)18-13-6-12(20)7-14(19(21,22)23)16(13)24-8-25-18;1-3-2/h4-9,11,28,31H,1-3H3;3H2,1-2H3. The highest BCUT2D eigenvalue weighted by Crippen LogP contribution is 2.39. The Morgan fingerprint density at radius 1 is 1.15 bits per heavy atom. The highest BCUT2D eigenvalue weighted by atomic mass is 35.5. The lowest BCUT2D eigenvalue weighted by Crippen LogP contribution is -2.27. The molecule has 1 N–H and O–H groups in total. The van der Waals surface area contributed by atoms with Crippen LogP contribution in [0, 0.1) is 0 Å². The second kappa shape index (κ2) is 10.7. The molecule has 0 fully saturated rings. The van der Waals surface area contributed by atoms with Crippen LogP contribution in [0.25, 0.3) is 16.7 Å². The van der Waals surface area contributed by atoms with Gasteiger partial charge in [-0.15, -0.1) is 0 Å². The fourth-order valence-corrected chi connectivity index (χ4v) is 4.17. The van der Waals surface area contributed by atoms with E-state index in [1.165, 1.54) is 24.1 Å². The highest BCUT2D eigenvalue weighted by Gasteiger charge is 2.35. The summed E-state index contributed by atoms with van der Waals surface area (Å²) < 4.78 is 42.3. The summed E-state index contributed by atoms with van der Waals surface area (Å²) in [5.41, 5.74) is -1.11. The molecule has 0 bridgehead atoms. The van der Waals surface area contributed by atoms with E-state index in [4.69, 9.17) is 11.6 Å². The number of fused-ring (bicyclic) bond motifs is 1. The van der Waals surface area contributed by atoms with Gasteiger partial charge >= 0.3 is 6.18 Å². The van der Waals surface area contributed by atoms with E-state index >= 15 is 0 Å². The molecule has 1 aliphatic rings. The van der Waals surface area contributed by atoms with Crippen LogP contribution in [0.5, 0.6) is 0 Å². The van der Waals surface area contributed by atoms with Crippen molar-refractivity contribution in [2.75, 3.05) is 11.9 Å². The molecule has 7 nitrogen and oxygen atoms in total. The van der Waals surface area contributed by atoms with E-state index in [0.717, 1.165) is 18.2 Å². The molecule has 182 valence electrons. The monoisotopic (exact) mass is 511 g/mol. The maximum Gasteiger partial charge on any atom is 0.418 e. The number of nitrogens with zero attached hydrogens (tertiary/aromatic N) is 6. The average Bonchev–Trinajstić information content (AvgIpc) is 3.27. The molecule has 0 saturated heterocycles. The van der Waals surface area contributed by atoms with Crippen molar-refractivity contribution in [2.24, 2.45) is 0 Å². The van der Waals surface area contributed by atoms with Crippen LogP contribution < -0.4 is 9.99 Å². The van der Waals surface area contributed by atoms with Crippen LogP contribution in [0.3, 0.4) is 0 Å². The zero-order valence-electron chi connectivity index (χ0n) is 19.4. The molecule has 1 aromatic carbocycles. The second-order valence-electron chi connectivity index (χ2n) is 7.72. The lowest BCUT2D eigenvalue weighted by molar-refractivity contribution is -0.136. The molecular formula is C22H26ClF3N7P. The first-order chi connectivity index (χ1) is 16.1. The Morgan fingerprint density at radius 2 is 1.85 bits per heavy atom. The Hall–Kier alpha value is -2.71. The number of alkyl halides is 3. The number of anilines is 1. The van der Waals surface area contributed by atoms with E-state index in [-0.39, 0.29) is 22.0 Å². The summed E-state index contributed by atoms with van der Waals surface area (Å²) in [6, 6.07) is 1.94. The van der Waals surface area contributed by atoms with E-state index in [0.29, 0.717) is 20.4 Å². The summed E-state index contributed by atoms with van der Waals surface area (Å²) in [4.78, 5) is 14.2. The van der Waals surface area contributed by atoms with Crippen LogP contribution in [0.4, 0.5) is 19.0 Å². The first-order valence-electron chi connectivity index (χ1n) is 10.6. The highest BCUT2D eigenvalue weighted by molar-refractivity contribution is 7.41. The average molecular weight is 512 g/mol. The Labute approximate surface area is 203 Å². The van der Waals surface area contributed by atoms with Crippen LogP contribution in [0.2, 0.25) is 5.02 Å². The summed E-state index contributed by atoms with van der Waals surface area (Å²) >= 11 is 6.00. The fourth-order valence-electron chi connectivity index (χ4n) is 3.27. The molecule has 2 atom stereocenters. The van der Waals surface area contributed by atoms with Crippen molar-refractivity contribution in [3.05, 3.63) is 58.7 Å². The van der Waals surface area contributed by atoms with E-state index in [1.807, 2.05) is 26.0 Å². The summed E-state index contributed by atoms with van der Waals surface area (Å²) in [6.45, 7) is 8.15. The fraction of sp³-hybridized carbons (Fsp3) is 0.364. The summed E-state index contributed by atoms with van der Waals surface area (Å²) in [5.74, 6) is 1.68. The Bertz CT molecular complexity index is 1220. The SMILES string of the molecule is CC1=CC=C(n2ncnc2C(C)N(C)c2ncnc3c(C(F)(F)F)cc(Cl)cc23)NP1.CCC. The number of allylic oxidation sites excluding steroid dienone is 3. The largest absolute Gasteiger partial charge is 0.418 e. The molecule has 0 amide bonds. The number of hydrogen-bond acceptors (Lipinski definition) is 6. The van der Waals surface area contributed by atoms with Gasteiger partial charge < -0.3 is 9.99 Å². The van der Waals surface area contributed by atoms with Gasteiger partial charge in [-0.25, -0.2) is 15.0 Å². The van der Waals surface area contributed by atoms with E-state index < -0.39 is 11.7 Å². The minimum atomic E-state index is -4.59. The van der Waals surface area contributed by atoms with Gasteiger partial charge in [-0.1, -0.05) is 37.9 Å². The minimum Gasteiger partial charge on any atom is -0.349 e. The smallest absolute Gasteiger partial charge is 0.349 e. The summed E-state index contributed by atoms with van der Waals surface area (Å²) in [5, 5.41) is 8.98. The number of rotatable bonds is 4. The Morgan fingerprint density at radius 3 is 2.47 bits per heavy atom. The van der Waals surface area contributed by atoms with Crippen molar-refractivity contribution in [2.45, 2.75) is 46.3 Å².